The molecule has 0 radical (unpaired) electrons. The summed E-state index contributed by atoms with van der Waals surface area (Å²) >= 11 is 0. The maximum Gasteiger partial charge on any atom is 0.153 e. The van der Waals surface area contributed by atoms with Gasteiger partial charge in [-0.25, -0.2) is 9.37 Å². The molecule has 2 heterocycles. The molecular weight excluding hydrogens is 291 g/mol. The zero-order chi connectivity index (χ0) is 15.8. The summed E-state index contributed by atoms with van der Waals surface area (Å²) in [6.07, 6.45) is 1.73. The van der Waals surface area contributed by atoms with Crippen LogP contribution in [0.4, 0.5) is 10.2 Å². The lowest BCUT2D eigenvalue weighted by Crippen LogP contribution is -2.31. The summed E-state index contributed by atoms with van der Waals surface area (Å²) in [5, 5.41) is 0.647. The molecule has 4 rings (SSSR count). The third-order valence-corrected chi connectivity index (χ3v) is 4.34. The first-order valence-electron chi connectivity index (χ1n) is 7.62. The molecular formula is C19H15FN2O. The minimum absolute atomic E-state index is 0.323. The van der Waals surface area contributed by atoms with Crippen molar-refractivity contribution in [2.24, 2.45) is 0 Å². The van der Waals surface area contributed by atoms with Gasteiger partial charge < -0.3 is 4.90 Å². The van der Waals surface area contributed by atoms with E-state index >= 15 is 0 Å². The average Bonchev–Trinajstić information content (AvgIpc) is 2.60. The summed E-state index contributed by atoms with van der Waals surface area (Å²) in [5.74, 6) is 0.351. The normalized spacial score (nSPS) is 13.9. The summed E-state index contributed by atoms with van der Waals surface area (Å²) in [6.45, 7) is 1.55. The van der Waals surface area contributed by atoms with Gasteiger partial charge in [0.15, 0.2) is 6.29 Å². The number of halogens is 1. The Bertz CT molecular complexity index is 907. The van der Waals surface area contributed by atoms with E-state index in [9.17, 15) is 9.18 Å². The Morgan fingerprint density at radius 3 is 2.74 bits per heavy atom. The molecule has 0 atom stereocenters. The number of anilines is 1. The molecule has 0 N–H and O–H groups in total. The molecule has 0 amide bonds. The minimum Gasteiger partial charge on any atom is -0.351 e. The first kappa shape index (κ1) is 13.9. The number of pyridine rings is 1. The number of carbonyl (C=O) groups excluding carboxylic acids is 1. The van der Waals surface area contributed by atoms with Gasteiger partial charge >= 0.3 is 0 Å². The second kappa shape index (κ2) is 5.47. The Kier molecular flexibility index (Phi) is 3.30. The van der Waals surface area contributed by atoms with Crippen LogP contribution in [0.1, 0.15) is 21.5 Å². The SMILES string of the molecule is O=Cc1cc2cc(F)ccc2nc1N1CCc2ccccc2C1. The molecule has 0 unspecified atom stereocenters. The predicted molar refractivity (Wildman–Crippen MR) is 88.3 cm³/mol. The van der Waals surface area contributed by atoms with Gasteiger partial charge in [-0.15, -0.1) is 0 Å². The molecule has 0 saturated heterocycles. The van der Waals surface area contributed by atoms with Crippen molar-refractivity contribution in [3.05, 3.63) is 71.0 Å². The van der Waals surface area contributed by atoms with E-state index in [1.165, 1.54) is 23.3 Å². The highest BCUT2D eigenvalue weighted by Crippen LogP contribution is 2.28. The van der Waals surface area contributed by atoms with Crippen molar-refractivity contribution in [1.82, 2.24) is 4.98 Å². The van der Waals surface area contributed by atoms with E-state index in [0.717, 1.165) is 25.8 Å². The number of hydrogen-bond donors (Lipinski definition) is 0. The zero-order valence-electron chi connectivity index (χ0n) is 12.5. The number of aldehydes is 1. The molecule has 3 aromatic rings. The van der Waals surface area contributed by atoms with Gasteiger partial charge in [-0.3, -0.25) is 4.79 Å². The molecule has 0 saturated carbocycles. The lowest BCUT2D eigenvalue weighted by atomic mass is 9.99. The van der Waals surface area contributed by atoms with Crippen LogP contribution in [0.5, 0.6) is 0 Å². The number of benzene rings is 2. The van der Waals surface area contributed by atoms with Gasteiger partial charge in [0.1, 0.15) is 11.6 Å². The van der Waals surface area contributed by atoms with Crippen molar-refractivity contribution < 1.29 is 9.18 Å². The summed E-state index contributed by atoms with van der Waals surface area (Å²) in [6, 6.07) is 14.5. The monoisotopic (exact) mass is 306 g/mol. The van der Waals surface area contributed by atoms with Crippen LogP contribution >= 0.6 is 0 Å². The van der Waals surface area contributed by atoms with E-state index in [1.807, 2.05) is 12.1 Å². The summed E-state index contributed by atoms with van der Waals surface area (Å²) in [5.41, 5.74) is 3.81. The molecule has 0 fully saturated rings. The van der Waals surface area contributed by atoms with Crippen molar-refractivity contribution >= 4 is 23.0 Å². The number of rotatable bonds is 2. The Morgan fingerprint density at radius 1 is 1.09 bits per heavy atom. The molecule has 3 nitrogen and oxygen atoms in total. The van der Waals surface area contributed by atoms with Crippen LogP contribution in [0, 0.1) is 5.82 Å². The van der Waals surface area contributed by atoms with Crippen molar-refractivity contribution in [2.75, 3.05) is 11.4 Å². The topological polar surface area (TPSA) is 33.2 Å². The highest BCUT2D eigenvalue weighted by molar-refractivity contribution is 5.91. The minimum atomic E-state index is -0.323. The molecule has 0 spiro atoms. The van der Waals surface area contributed by atoms with Crippen molar-refractivity contribution in [2.45, 2.75) is 13.0 Å². The maximum absolute atomic E-state index is 13.4. The third kappa shape index (κ3) is 2.46. The van der Waals surface area contributed by atoms with Gasteiger partial charge in [-0.05, 0) is 41.8 Å². The van der Waals surface area contributed by atoms with Crippen LogP contribution in [-0.2, 0) is 13.0 Å². The molecule has 4 heteroatoms. The third-order valence-electron chi connectivity index (χ3n) is 4.34. The highest BCUT2D eigenvalue weighted by Gasteiger charge is 2.20. The fourth-order valence-electron chi connectivity index (χ4n) is 3.17. The Morgan fingerprint density at radius 2 is 1.91 bits per heavy atom. The number of carbonyl (C=O) groups is 1. The Balaban J connectivity index is 1.79. The van der Waals surface area contributed by atoms with Gasteiger partial charge in [0.25, 0.3) is 0 Å². The molecule has 23 heavy (non-hydrogen) atoms. The molecule has 0 bridgehead atoms. The van der Waals surface area contributed by atoms with E-state index < -0.39 is 0 Å². The fourth-order valence-corrected chi connectivity index (χ4v) is 3.17. The highest BCUT2D eigenvalue weighted by atomic mass is 19.1. The van der Waals surface area contributed by atoms with Crippen molar-refractivity contribution in [3.63, 3.8) is 0 Å². The standard InChI is InChI=1S/C19H15FN2O/c20-17-5-6-18-15(10-17)9-16(12-23)19(21-18)22-8-7-13-3-1-2-4-14(13)11-22/h1-6,9-10,12H,7-8,11H2. The first-order chi connectivity index (χ1) is 11.2. The van der Waals surface area contributed by atoms with Gasteiger partial charge in [-0.1, -0.05) is 24.3 Å². The van der Waals surface area contributed by atoms with Gasteiger partial charge in [0.2, 0.25) is 0 Å². The summed E-state index contributed by atoms with van der Waals surface area (Å²) < 4.78 is 13.4. The van der Waals surface area contributed by atoms with Gasteiger partial charge in [0, 0.05) is 18.5 Å². The fraction of sp³-hybridized carbons (Fsp3) is 0.158. The first-order valence-corrected chi connectivity index (χ1v) is 7.62. The van der Waals surface area contributed by atoms with Crippen LogP contribution < -0.4 is 4.90 Å². The van der Waals surface area contributed by atoms with Crippen LogP contribution in [-0.4, -0.2) is 17.8 Å². The largest absolute Gasteiger partial charge is 0.351 e. The molecule has 114 valence electrons. The van der Waals surface area contributed by atoms with Crippen molar-refractivity contribution in [1.29, 1.82) is 0 Å². The predicted octanol–water partition coefficient (Wildman–Crippen LogP) is 3.75. The van der Waals surface area contributed by atoms with Crippen LogP contribution in [0.3, 0.4) is 0 Å². The van der Waals surface area contributed by atoms with E-state index in [0.29, 0.717) is 22.3 Å². The second-order valence-corrected chi connectivity index (χ2v) is 5.80. The lowest BCUT2D eigenvalue weighted by molar-refractivity contribution is 0.112. The van der Waals surface area contributed by atoms with E-state index in [2.05, 4.69) is 22.0 Å². The number of fused-ring (bicyclic) bond motifs is 2. The maximum atomic E-state index is 13.4. The smallest absolute Gasteiger partial charge is 0.153 e. The van der Waals surface area contributed by atoms with Gasteiger partial charge in [-0.2, -0.15) is 0 Å². The summed E-state index contributed by atoms with van der Waals surface area (Å²) in [7, 11) is 0. The van der Waals surface area contributed by atoms with E-state index in [-0.39, 0.29) is 5.82 Å². The Labute approximate surface area is 133 Å². The van der Waals surface area contributed by atoms with Crippen LogP contribution in [0.15, 0.2) is 48.5 Å². The van der Waals surface area contributed by atoms with E-state index in [4.69, 9.17) is 0 Å². The quantitative estimate of drug-likeness (QED) is 0.676. The molecule has 1 aromatic heterocycles. The number of nitrogens with zero attached hydrogens (tertiary/aromatic N) is 2. The van der Waals surface area contributed by atoms with Crippen LogP contribution in [0.2, 0.25) is 0 Å². The molecule has 2 aromatic carbocycles. The summed E-state index contributed by atoms with van der Waals surface area (Å²) in [4.78, 5) is 18.2. The second-order valence-electron chi connectivity index (χ2n) is 5.80. The number of hydrogen-bond acceptors (Lipinski definition) is 3. The number of aromatic nitrogens is 1. The van der Waals surface area contributed by atoms with Crippen molar-refractivity contribution in [3.8, 4) is 0 Å². The Hall–Kier alpha value is -2.75. The van der Waals surface area contributed by atoms with Crippen LogP contribution in [0.25, 0.3) is 10.9 Å². The average molecular weight is 306 g/mol. The lowest BCUT2D eigenvalue weighted by Gasteiger charge is -2.30. The van der Waals surface area contributed by atoms with Gasteiger partial charge in [0.05, 0.1) is 11.1 Å². The molecule has 1 aliphatic rings. The zero-order valence-corrected chi connectivity index (χ0v) is 12.5. The van der Waals surface area contributed by atoms with E-state index in [1.54, 1.807) is 12.1 Å². The molecule has 1 aliphatic heterocycles. The molecule has 0 aliphatic carbocycles.